The highest BCUT2D eigenvalue weighted by Gasteiger charge is 2.30. The quantitative estimate of drug-likeness (QED) is 0.723. The second-order valence-corrected chi connectivity index (χ2v) is 6.79. The Labute approximate surface area is 158 Å². The van der Waals surface area contributed by atoms with Crippen LogP contribution < -0.4 is 20.3 Å². The first-order valence-corrected chi connectivity index (χ1v) is 9.33. The minimum Gasteiger partial charge on any atom is -0.495 e. The molecule has 8 heteroatoms. The van der Waals surface area contributed by atoms with E-state index in [1.54, 1.807) is 7.11 Å². The Balaban J connectivity index is 1.52. The number of carbonyl (C=O) groups is 3. The maximum Gasteiger partial charge on any atom is 0.316 e. The van der Waals surface area contributed by atoms with Gasteiger partial charge in [0.1, 0.15) is 5.75 Å². The largest absolute Gasteiger partial charge is 0.495 e. The first kappa shape index (κ1) is 19.2. The summed E-state index contributed by atoms with van der Waals surface area (Å²) in [5.41, 5.74) is 0.970. The Morgan fingerprint density at radius 1 is 1.07 bits per heavy atom. The van der Waals surface area contributed by atoms with Crippen molar-refractivity contribution in [2.24, 2.45) is 5.92 Å². The van der Waals surface area contributed by atoms with Crippen molar-refractivity contribution in [3.05, 3.63) is 24.3 Å². The number of carbonyl (C=O) groups excluding carboxylic acids is 3. The van der Waals surface area contributed by atoms with Crippen molar-refractivity contribution in [1.29, 1.82) is 0 Å². The number of benzene rings is 1. The molecule has 2 aliphatic rings. The number of rotatable bonds is 3. The topological polar surface area (TPSA) is 91.0 Å². The van der Waals surface area contributed by atoms with Crippen molar-refractivity contribution in [1.82, 2.24) is 15.5 Å². The number of para-hydroxylation sites is 2. The van der Waals surface area contributed by atoms with E-state index in [-0.39, 0.29) is 11.8 Å². The third-order valence-electron chi connectivity index (χ3n) is 5.13. The number of piperazine rings is 1. The number of methoxy groups -OCH3 is 1. The Hall–Kier alpha value is -2.61. The fourth-order valence-electron chi connectivity index (χ4n) is 3.54. The monoisotopic (exact) mass is 374 g/mol. The lowest BCUT2D eigenvalue weighted by Crippen LogP contribution is -2.54. The van der Waals surface area contributed by atoms with E-state index in [1.807, 2.05) is 24.3 Å². The summed E-state index contributed by atoms with van der Waals surface area (Å²) in [5.74, 6) is -1.24. The average Bonchev–Trinajstić information content (AvgIpc) is 2.73. The van der Waals surface area contributed by atoms with E-state index in [2.05, 4.69) is 15.5 Å². The van der Waals surface area contributed by atoms with E-state index in [9.17, 15) is 14.4 Å². The minimum absolute atomic E-state index is 0.203. The van der Waals surface area contributed by atoms with Crippen LogP contribution >= 0.6 is 0 Å². The fourth-order valence-corrected chi connectivity index (χ4v) is 3.54. The van der Waals surface area contributed by atoms with E-state index in [0.29, 0.717) is 39.0 Å². The van der Waals surface area contributed by atoms with Crippen LogP contribution in [0.3, 0.4) is 0 Å². The number of ether oxygens (including phenoxy) is 1. The second kappa shape index (κ2) is 8.85. The van der Waals surface area contributed by atoms with Gasteiger partial charge < -0.3 is 19.9 Å². The molecule has 3 amide bonds. The van der Waals surface area contributed by atoms with Crippen LogP contribution in [0.4, 0.5) is 5.69 Å². The summed E-state index contributed by atoms with van der Waals surface area (Å²) in [4.78, 5) is 40.3. The molecule has 2 aliphatic heterocycles. The first-order valence-electron chi connectivity index (χ1n) is 9.33. The molecule has 0 bridgehead atoms. The van der Waals surface area contributed by atoms with Gasteiger partial charge in [-0.2, -0.15) is 0 Å². The Kier molecular flexibility index (Phi) is 6.28. The highest BCUT2D eigenvalue weighted by atomic mass is 16.5. The predicted octanol–water partition coefficient (Wildman–Crippen LogP) is -0.0138. The lowest BCUT2D eigenvalue weighted by molar-refractivity contribution is -0.148. The van der Waals surface area contributed by atoms with Crippen molar-refractivity contribution in [3.63, 3.8) is 0 Å². The smallest absolute Gasteiger partial charge is 0.316 e. The van der Waals surface area contributed by atoms with Crippen LogP contribution in [0.25, 0.3) is 0 Å². The molecule has 0 spiro atoms. The summed E-state index contributed by atoms with van der Waals surface area (Å²) in [5, 5.41) is 5.45. The molecular formula is C19H26N4O4. The number of anilines is 1. The maximum atomic E-state index is 12.4. The number of nitrogens with one attached hydrogen (secondary N) is 2. The van der Waals surface area contributed by atoms with Gasteiger partial charge in [0.15, 0.2) is 0 Å². The molecule has 2 saturated heterocycles. The molecule has 8 nitrogen and oxygen atoms in total. The minimum atomic E-state index is -0.829. The highest BCUT2D eigenvalue weighted by Crippen LogP contribution is 2.28. The molecule has 2 N–H and O–H groups in total. The molecule has 27 heavy (non-hydrogen) atoms. The van der Waals surface area contributed by atoms with Gasteiger partial charge in [-0.15, -0.1) is 0 Å². The standard InChI is InChI=1S/C19H26N4O4/c1-27-16-5-3-2-4-15(16)22-10-12-23(13-11-22)19(26)18(25)21-17(24)14-6-8-20-9-7-14/h2-5,14,20H,6-13H2,1H3,(H,21,24,25). The van der Waals surface area contributed by atoms with Crippen LogP contribution in [0, 0.1) is 5.92 Å². The van der Waals surface area contributed by atoms with Gasteiger partial charge in [0.05, 0.1) is 12.8 Å². The van der Waals surface area contributed by atoms with Crippen molar-refractivity contribution in [2.75, 3.05) is 51.3 Å². The van der Waals surface area contributed by atoms with E-state index >= 15 is 0 Å². The predicted molar refractivity (Wildman–Crippen MR) is 101 cm³/mol. The summed E-state index contributed by atoms with van der Waals surface area (Å²) in [6.45, 7) is 3.55. The number of hydrogen-bond acceptors (Lipinski definition) is 6. The summed E-state index contributed by atoms with van der Waals surface area (Å²) in [7, 11) is 1.63. The Morgan fingerprint density at radius 3 is 2.41 bits per heavy atom. The zero-order valence-electron chi connectivity index (χ0n) is 15.6. The molecule has 1 aromatic rings. The van der Waals surface area contributed by atoms with Crippen LogP contribution in [-0.2, 0) is 14.4 Å². The normalized spacial score (nSPS) is 18.1. The number of imide groups is 1. The van der Waals surface area contributed by atoms with Gasteiger partial charge >= 0.3 is 11.8 Å². The zero-order chi connectivity index (χ0) is 19.2. The number of hydrogen-bond donors (Lipinski definition) is 2. The van der Waals surface area contributed by atoms with Crippen LogP contribution in [-0.4, -0.2) is 69.0 Å². The zero-order valence-corrected chi connectivity index (χ0v) is 15.6. The van der Waals surface area contributed by atoms with Crippen molar-refractivity contribution < 1.29 is 19.1 Å². The van der Waals surface area contributed by atoms with E-state index in [4.69, 9.17) is 4.74 Å². The third kappa shape index (κ3) is 4.57. The first-order chi connectivity index (χ1) is 13.1. The van der Waals surface area contributed by atoms with E-state index in [0.717, 1.165) is 24.5 Å². The molecule has 2 fully saturated rings. The van der Waals surface area contributed by atoms with Gasteiger partial charge in [-0.25, -0.2) is 0 Å². The van der Waals surface area contributed by atoms with Gasteiger partial charge in [0.2, 0.25) is 5.91 Å². The SMILES string of the molecule is COc1ccccc1N1CCN(C(=O)C(=O)NC(=O)C2CCNCC2)CC1. The summed E-state index contributed by atoms with van der Waals surface area (Å²) in [6.07, 6.45) is 1.37. The molecule has 3 rings (SSSR count). The van der Waals surface area contributed by atoms with Crippen LogP contribution in [0.1, 0.15) is 12.8 Å². The Bertz CT molecular complexity index is 695. The lowest BCUT2D eigenvalue weighted by atomic mass is 9.97. The molecule has 0 atom stereocenters. The number of amides is 3. The molecule has 0 unspecified atom stereocenters. The highest BCUT2D eigenvalue weighted by molar-refractivity contribution is 6.37. The summed E-state index contributed by atoms with van der Waals surface area (Å²) >= 11 is 0. The summed E-state index contributed by atoms with van der Waals surface area (Å²) in [6, 6.07) is 7.72. The van der Waals surface area contributed by atoms with Crippen LogP contribution in [0.2, 0.25) is 0 Å². The molecular weight excluding hydrogens is 348 g/mol. The molecule has 0 saturated carbocycles. The molecule has 2 heterocycles. The van der Waals surface area contributed by atoms with Crippen molar-refractivity contribution >= 4 is 23.4 Å². The van der Waals surface area contributed by atoms with Gasteiger partial charge in [0.25, 0.3) is 0 Å². The third-order valence-corrected chi connectivity index (χ3v) is 5.13. The average molecular weight is 374 g/mol. The van der Waals surface area contributed by atoms with Crippen LogP contribution in [0.15, 0.2) is 24.3 Å². The van der Waals surface area contributed by atoms with E-state index in [1.165, 1.54) is 4.90 Å². The molecule has 1 aromatic carbocycles. The number of piperidine rings is 1. The van der Waals surface area contributed by atoms with Crippen molar-refractivity contribution in [3.8, 4) is 5.75 Å². The maximum absolute atomic E-state index is 12.4. The fraction of sp³-hybridized carbons (Fsp3) is 0.526. The van der Waals surface area contributed by atoms with Gasteiger partial charge in [-0.1, -0.05) is 12.1 Å². The van der Waals surface area contributed by atoms with Gasteiger partial charge in [0, 0.05) is 32.1 Å². The second-order valence-electron chi connectivity index (χ2n) is 6.79. The Morgan fingerprint density at radius 2 is 1.74 bits per heavy atom. The summed E-state index contributed by atoms with van der Waals surface area (Å²) < 4.78 is 5.38. The van der Waals surface area contributed by atoms with Gasteiger partial charge in [-0.3, -0.25) is 19.7 Å². The molecule has 0 aliphatic carbocycles. The van der Waals surface area contributed by atoms with Gasteiger partial charge in [-0.05, 0) is 38.1 Å². The lowest BCUT2D eigenvalue weighted by Gasteiger charge is -2.36. The van der Waals surface area contributed by atoms with E-state index < -0.39 is 11.8 Å². The molecule has 0 radical (unpaired) electrons. The molecule has 0 aromatic heterocycles. The van der Waals surface area contributed by atoms with Crippen molar-refractivity contribution in [2.45, 2.75) is 12.8 Å². The number of nitrogens with zero attached hydrogens (tertiary/aromatic N) is 2. The van der Waals surface area contributed by atoms with Crippen LogP contribution in [0.5, 0.6) is 5.75 Å². The molecule has 146 valence electrons.